The number of likely N-dealkylation sites (N-methyl/N-ethyl adjacent to an activating group) is 1. The minimum absolute atomic E-state index is 0.0587. The molecule has 0 bridgehead atoms. The van der Waals surface area contributed by atoms with E-state index in [1.54, 1.807) is 0 Å². The van der Waals surface area contributed by atoms with E-state index in [0.717, 1.165) is 31.5 Å². The van der Waals surface area contributed by atoms with E-state index in [9.17, 15) is 4.79 Å². The molecule has 1 fully saturated rings. The fourth-order valence-electron chi connectivity index (χ4n) is 2.78. The molecule has 2 rings (SSSR count). The van der Waals surface area contributed by atoms with Crippen molar-refractivity contribution in [3.05, 3.63) is 35.9 Å². The smallest absolute Gasteiger partial charge is 0.239 e. The molecule has 0 saturated carbocycles. The molecule has 2 N–H and O–H groups in total. The molecule has 110 valence electrons. The number of piperidine rings is 1. The second-order valence-corrected chi connectivity index (χ2v) is 5.78. The van der Waals surface area contributed by atoms with Gasteiger partial charge in [-0.1, -0.05) is 30.3 Å². The first-order valence-electron chi connectivity index (χ1n) is 7.32. The highest BCUT2D eigenvalue weighted by Crippen LogP contribution is 2.15. The van der Waals surface area contributed by atoms with Crippen LogP contribution in [-0.2, 0) is 11.2 Å². The zero-order valence-electron chi connectivity index (χ0n) is 12.5. The average molecular weight is 275 g/mol. The third kappa shape index (κ3) is 3.81. The zero-order chi connectivity index (χ0) is 14.5. The van der Waals surface area contributed by atoms with E-state index in [4.69, 9.17) is 5.73 Å². The molecule has 0 aliphatic carbocycles. The molecular weight excluding hydrogens is 250 g/mol. The van der Waals surface area contributed by atoms with E-state index in [0.29, 0.717) is 12.5 Å². The third-order valence-electron chi connectivity index (χ3n) is 4.20. The van der Waals surface area contributed by atoms with Crippen molar-refractivity contribution in [1.82, 2.24) is 9.80 Å². The maximum atomic E-state index is 12.4. The summed E-state index contributed by atoms with van der Waals surface area (Å²) in [6.07, 6.45) is 2.68. The number of carbonyl (C=O) groups is 1. The Hall–Kier alpha value is -1.39. The minimum atomic E-state index is -0.443. The monoisotopic (exact) mass is 275 g/mol. The predicted molar refractivity (Wildman–Crippen MR) is 81.4 cm³/mol. The Morgan fingerprint density at radius 1 is 1.35 bits per heavy atom. The Kier molecular flexibility index (Phi) is 5.15. The molecule has 4 heteroatoms. The molecule has 20 heavy (non-hydrogen) atoms. The van der Waals surface area contributed by atoms with Crippen LogP contribution in [0.5, 0.6) is 0 Å². The van der Waals surface area contributed by atoms with Crippen LogP contribution in [0.15, 0.2) is 30.3 Å². The topological polar surface area (TPSA) is 49.6 Å². The molecular formula is C16H25N3O. The van der Waals surface area contributed by atoms with Crippen LogP contribution in [0, 0.1) is 0 Å². The van der Waals surface area contributed by atoms with Gasteiger partial charge in [-0.2, -0.15) is 0 Å². The van der Waals surface area contributed by atoms with Crippen molar-refractivity contribution in [2.45, 2.75) is 31.3 Å². The van der Waals surface area contributed by atoms with Crippen LogP contribution in [0.2, 0.25) is 0 Å². The summed E-state index contributed by atoms with van der Waals surface area (Å²) in [5, 5.41) is 0. The second kappa shape index (κ2) is 6.86. The van der Waals surface area contributed by atoms with E-state index < -0.39 is 6.04 Å². The number of hydrogen-bond acceptors (Lipinski definition) is 3. The summed E-state index contributed by atoms with van der Waals surface area (Å²) in [5.41, 5.74) is 7.20. The summed E-state index contributed by atoms with van der Waals surface area (Å²) in [6, 6.07) is 9.86. The number of nitrogens with two attached hydrogens (primary N) is 1. The lowest BCUT2D eigenvalue weighted by atomic mass is 10.0. The normalized spacial score (nSPS) is 18.8. The Morgan fingerprint density at radius 3 is 2.55 bits per heavy atom. The molecule has 0 radical (unpaired) electrons. The van der Waals surface area contributed by atoms with Gasteiger partial charge in [0.05, 0.1) is 6.04 Å². The van der Waals surface area contributed by atoms with Crippen LogP contribution in [0.3, 0.4) is 0 Å². The lowest BCUT2D eigenvalue weighted by Gasteiger charge is -2.36. The first-order valence-corrected chi connectivity index (χ1v) is 7.32. The second-order valence-electron chi connectivity index (χ2n) is 5.78. The first-order chi connectivity index (χ1) is 9.58. The van der Waals surface area contributed by atoms with Gasteiger partial charge in [-0.25, -0.2) is 0 Å². The van der Waals surface area contributed by atoms with Crippen LogP contribution in [0.1, 0.15) is 18.4 Å². The molecule has 1 aromatic carbocycles. The number of amides is 1. The average Bonchev–Trinajstić information content (AvgIpc) is 2.47. The molecule has 0 aromatic heterocycles. The van der Waals surface area contributed by atoms with Gasteiger partial charge < -0.3 is 15.5 Å². The zero-order valence-corrected chi connectivity index (χ0v) is 12.5. The lowest BCUT2D eigenvalue weighted by Crippen LogP contribution is -2.50. The summed E-state index contributed by atoms with van der Waals surface area (Å²) in [4.78, 5) is 16.6. The van der Waals surface area contributed by atoms with E-state index in [1.807, 2.05) is 42.3 Å². The number of nitrogens with zero attached hydrogens (tertiary/aromatic N) is 2. The van der Waals surface area contributed by atoms with Crippen molar-refractivity contribution < 1.29 is 4.79 Å². The SMILES string of the molecule is CN1CCC(N(C)C(=O)[C@@H](N)Cc2ccccc2)CC1. The number of benzene rings is 1. The molecule has 0 spiro atoms. The highest BCUT2D eigenvalue weighted by molar-refractivity contribution is 5.82. The highest BCUT2D eigenvalue weighted by atomic mass is 16.2. The van der Waals surface area contributed by atoms with Gasteiger partial charge in [0.15, 0.2) is 0 Å². The molecule has 4 nitrogen and oxygen atoms in total. The molecule has 1 aliphatic heterocycles. The standard InChI is InChI=1S/C16H25N3O/c1-18-10-8-14(9-11-18)19(2)16(20)15(17)12-13-6-4-3-5-7-13/h3-7,14-15H,8-12,17H2,1-2H3/t15-/m0/s1. The molecule has 1 amide bonds. The number of carbonyl (C=O) groups excluding carboxylic acids is 1. The summed E-state index contributed by atoms with van der Waals surface area (Å²) < 4.78 is 0. The van der Waals surface area contributed by atoms with Crippen molar-refractivity contribution >= 4 is 5.91 Å². The molecule has 1 saturated heterocycles. The minimum Gasteiger partial charge on any atom is -0.341 e. The molecule has 0 unspecified atom stereocenters. The number of rotatable bonds is 4. The molecule has 1 aromatic rings. The maximum Gasteiger partial charge on any atom is 0.239 e. The van der Waals surface area contributed by atoms with Gasteiger partial charge in [0, 0.05) is 13.1 Å². The lowest BCUT2D eigenvalue weighted by molar-refractivity contribution is -0.134. The van der Waals surface area contributed by atoms with Crippen LogP contribution in [0.25, 0.3) is 0 Å². The Bertz CT molecular complexity index is 427. The molecule has 1 atom stereocenters. The van der Waals surface area contributed by atoms with Crippen molar-refractivity contribution in [2.75, 3.05) is 27.2 Å². The Balaban J connectivity index is 1.89. The predicted octanol–water partition coefficient (Wildman–Crippen LogP) is 1.11. The summed E-state index contributed by atoms with van der Waals surface area (Å²) in [7, 11) is 4.02. The maximum absolute atomic E-state index is 12.4. The van der Waals surface area contributed by atoms with Crippen LogP contribution >= 0.6 is 0 Å². The fraction of sp³-hybridized carbons (Fsp3) is 0.562. The molecule has 1 aliphatic rings. The fourth-order valence-corrected chi connectivity index (χ4v) is 2.78. The first kappa shape index (κ1) is 15.0. The van der Waals surface area contributed by atoms with E-state index >= 15 is 0 Å². The third-order valence-corrected chi connectivity index (χ3v) is 4.20. The van der Waals surface area contributed by atoms with Crippen LogP contribution < -0.4 is 5.73 Å². The number of hydrogen-bond donors (Lipinski definition) is 1. The Labute approximate surface area is 121 Å². The van der Waals surface area contributed by atoms with Gasteiger partial charge in [0.25, 0.3) is 0 Å². The van der Waals surface area contributed by atoms with E-state index in [-0.39, 0.29) is 5.91 Å². The van der Waals surface area contributed by atoms with Gasteiger partial charge in [0.1, 0.15) is 0 Å². The summed E-state index contributed by atoms with van der Waals surface area (Å²) >= 11 is 0. The van der Waals surface area contributed by atoms with Gasteiger partial charge in [-0.05, 0) is 45.0 Å². The van der Waals surface area contributed by atoms with Crippen molar-refractivity contribution in [2.24, 2.45) is 5.73 Å². The van der Waals surface area contributed by atoms with Crippen molar-refractivity contribution in [3.8, 4) is 0 Å². The van der Waals surface area contributed by atoms with Gasteiger partial charge in [0.2, 0.25) is 5.91 Å². The Morgan fingerprint density at radius 2 is 1.95 bits per heavy atom. The van der Waals surface area contributed by atoms with E-state index in [1.165, 1.54) is 0 Å². The van der Waals surface area contributed by atoms with Crippen molar-refractivity contribution in [1.29, 1.82) is 0 Å². The van der Waals surface area contributed by atoms with Gasteiger partial charge in [-0.15, -0.1) is 0 Å². The van der Waals surface area contributed by atoms with Gasteiger partial charge >= 0.3 is 0 Å². The molecule has 1 heterocycles. The highest BCUT2D eigenvalue weighted by Gasteiger charge is 2.27. The summed E-state index contributed by atoms with van der Waals surface area (Å²) in [6.45, 7) is 2.10. The largest absolute Gasteiger partial charge is 0.341 e. The van der Waals surface area contributed by atoms with Crippen LogP contribution in [0.4, 0.5) is 0 Å². The summed E-state index contributed by atoms with van der Waals surface area (Å²) in [5.74, 6) is 0.0587. The van der Waals surface area contributed by atoms with Gasteiger partial charge in [-0.3, -0.25) is 4.79 Å². The number of likely N-dealkylation sites (tertiary alicyclic amines) is 1. The van der Waals surface area contributed by atoms with Crippen molar-refractivity contribution in [3.63, 3.8) is 0 Å². The van der Waals surface area contributed by atoms with E-state index in [2.05, 4.69) is 11.9 Å². The van der Waals surface area contributed by atoms with Crippen LogP contribution in [-0.4, -0.2) is 55.0 Å². The quantitative estimate of drug-likeness (QED) is 0.895.